The Hall–Kier alpha value is 0.583. The maximum absolute atomic E-state index is 3.46. The third-order valence-electron chi connectivity index (χ3n) is 0.329. The van der Waals surface area contributed by atoms with Crippen LogP contribution in [0.25, 0.3) is 0 Å². The fraction of sp³-hybridized carbons (Fsp3) is 0.200. The van der Waals surface area contributed by atoms with E-state index in [0.717, 1.165) is 0 Å². The summed E-state index contributed by atoms with van der Waals surface area (Å²) in [4.78, 5) is 0. The molecule has 0 fully saturated rings. The minimum atomic E-state index is 0. The molecule has 38 valence electrons. The van der Waals surface area contributed by atoms with Gasteiger partial charge in [-0.2, -0.15) is 0 Å². The molecule has 7 heavy (non-hydrogen) atoms. The van der Waals surface area contributed by atoms with Gasteiger partial charge in [-0.3, -0.25) is 0 Å². The second kappa shape index (κ2) is 16.0. The molecule has 0 N–H and O–H groups in total. The van der Waals surface area contributed by atoms with Crippen LogP contribution < -0.4 is 17.0 Å². The second-order valence-corrected chi connectivity index (χ2v) is 0.761. The van der Waals surface area contributed by atoms with Crippen molar-refractivity contribution in [2.75, 3.05) is 0 Å². The molecule has 0 rings (SSSR count). The molecule has 0 atom stereocenters. The van der Waals surface area contributed by atoms with E-state index in [1.54, 1.807) is 6.08 Å². The predicted molar refractivity (Wildman–Crippen MR) is 25.0 cm³/mol. The number of rotatable bonds is 1. The van der Waals surface area contributed by atoms with E-state index in [4.69, 9.17) is 0 Å². The van der Waals surface area contributed by atoms with Crippen molar-refractivity contribution in [1.29, 1.82) is 0 Å². The molecule has 0 unspecified atom stereocenters. The first kappa shape index (κ1) is 15.6. The minimum absolute atomic E-state index is 0. The van der Waals surface area contributed by atoms with E-state index in [0.29, 0.717) is 0 Å². The molecular formula is C5H8BrZn-. The smallest absolute Gasteiger partial charge is 0 e. The van der Waals surface area contributed by atoms with Crippen LogP contribution >= 0.6 is 0 Å². The largest absolute Gasteiger partial charge is 1.00 e. The van der Waals surface area contributed by atoms with Gasteiger partial charge in [-0.05, 0) is 6.92 Å². The van der Waals surface area contributed by atoms with E-state index >= 15 is 0 Å². The van der Waals surface area contributed by atoms with Crippen LogP contribution in [0.4, 0.5) is 0 Å². The Balaban J connectivity index is -0.0000000800. The number of allylic oxidation sites excluding steroid dienone is 3. The van der Waals surface area contributed by atoms with E-state index in [2.05, 4.69) is 6.58 Å². The average Bonchev–Trinajstić information content (AvgIpc) is 1.41. The molecule has 0 aliphatic rings. The van der Waals surface area contributed by atoms with E-state index in [9.17, 15) is 0 Å². The van der Waals surface area contributed by atoms with Crippen LogP contribution in [0.1, 0.15) is 6.92 Å². The summed E-state index contributed by atoms with van der Waals surface area (Å²) in [6.07, 6.45) is 5.58. The summed E-state index contributed by atoms with van der Waals surface area (Å²) in [5, 5.41) is 0. The van der Waals surface area contributed by atoms with Crippen LogP contribution in [0.3, 0.4) is 0 Å². The summed E-state index contributed by atoms with van der Waals surface area (Å²) in [6.45, 7) is 5.42. The van der Waals surface area contributed by atoms with Gasteiger partial charge in [0.1, 0.15) is 0 Å². The Morgan fingerprint density at radius 2 is 1.86 bits per heavy atom. The monoisotopic (exact) mass is 211 g/mol. The summed E-state index contributed by atoms with van der Waals surface area (Å²) in [7, 11) is 0. The number of hydrogen-bond donors (Lipinski definition) is 0. The van der Waals surface area contributed by atoms with Gasteiger partial charge in [0, 0.05) is 19.5 Å². The Morgan fingerprint density at radius 1 is 1.43 bits per heavy atom. The van der Waals surface area contributed by atoms with Crippen LogP contribution in [0.15, 0.2) is 24.8 Å². The topological polar surface area (TPSA) is 0 Å². The molecule has 0 radical (unpaired) electrons. The molecule has 0 saturated heterocycles. The van der Waals surface area contributed by atoms with Crippen LogP contribution in [0.2, 0.25) is 0 Å². The third-order valence-corrected chi connectivity index (χ3v) is 0.329. The summed E-state index contributed by atoms with van der Waals surface area (Å²) < 4.78 is 0. The van der Waals surface area contributed by atoms with Gasteiger partial charge in [0.25, 0.3) is 0 Å². The molecule has 0 aliphatic carbocycles. The van der Waals surface area contributed by atoms with E-state index < -0.39 is 0 Å². The van der Waals surface area contributed by atoms with Gasteiger partial charge in [0.05, 0.1) is 0 Å². The number of halogens is 1. The van der Waals surface area contributed by atoms with Gasteiger partial charge >= 0.3 is 0 Å². The summed E-state index contributed by atoms with van der Waals surface area (Å²) >= 11 is 0. The Kier molecular flexibility index (Phi) is 35.7. The molecule has 0 bridgehead atoms. The quantitative estimate of drug-likeness (QED) is 0.377. The van der Waals surface area contributed by atoms with Gasteiger partial charge in [-0.15, -0.1) is 0 Å². The minimum Gasteiger partial charge on any atom is -1.00 e. The van der Waals surface area contributed by atoms with Crippen LogP contribution in [0.5, 0.6) is 0 Å². The van der Waals surface area contributed by atoms with Crippen LogP contribution in [0, 0.1) is 0 Å². The van der Waals surface area contributed by atoms with Crippen LogP contribution in [-0.4, -0.2) is 0 Å². The number of hydrogen-bond acceptors (Lipinski definition) is 0. The molecule has 0 spiro atoms. The van der Waals surface area contributed by atoms with Crippen molar-refractivity contribution in [3.05, 3.63) is 24.8 Å². The first-order valence-corrected chi connectivity index (χ1v) is 1.65. The Morgan fingerprint density at radius 3 is 1.86 bits per heavy atom. The first-order valence-electron chi connectivity index (χ1n) is 1.65. The van der Waals surface area contributed by atoms with Gasteiger partial charge in [-0.1, -0.05) is 24.8 Å². The van der Waals surface area contributed by atoms with Gasteiger partial charge in [-0.25, -0.2) is 0 Å². The fourth-order valence-electron chi connectivity index (χ4n) is 0.136. The van der Waals surface area contributed by atoms with E-state index in [1.165, 1.54) is 0 Å². The molecule has 0 heterocycles. The van der Waals surface area contributed by atoms with Crippen molar-refractivity contribution in [2.24, 2.45) is 0 Å². The summed E-state index contributed by atoms with van der Waals surface area (Å²) in [6, 6.07) is 0. The molecule has 0 aromatic heterocycles. The van der Waals surface area contributed by atoms with Gasteiger partial charge < -0.3 is 17.0 Å². The molecule has 0 aromatic carbocycles. The summed E-state index contributed by atoms with van der Waals surface area (Å²) in [5.41, 5.74) is 0. The van der Waals surface area contributed by atoms with Gasteiger partial charge in [0.15, 0.2) is 0 Å². The molecule has 0 amide bonds. The maximum Gasteiger partial charge on any atom is 0 e. The zero-order valence-corrected chi connectivity index (χ0v) is 9.08. The van der Waals surface area contributed by atoms with Crippen molar-refractivity contribution in [3.8, 4) is 0 Å². The SMILES string of the molecule is C=C/C=C/C.[Br-].[Zn]. The molecule has 2 heteroatoms. The fourth-order valence-corrected chi connectivity index (χ4v) is 0.136. The predicted octanol–water partition coefficient (Wildman–Crippen LogP) is -1.25. The Bertz CT molecular complexity index is 50.0. The third kappa shape index (κ3) is 20.7. The van der Waals surface area contributed by atoms with E-state index in [1.807, 2.05) is 19.1 Å². The van der Waals surface area contributed by atoms with Crippen molar-refractivity contribution < 1.29 is 36.5 Å². The zero-order chi connectivity index (χ0) is 4.12. The second-order valence-electron chi connectivity index (χ2n) is 0.761. The van der Waals surface area contributed by atoms with Crippen molar-refractivity contribution in [2.45, 2.75) is 6.92 Å². The zero-order valence-electron chi connectivity index (χ0n) is 4.52. The van der Waals surface area contributed by atoms with Crippen LogP contribution in [-0.2, 0) is 19.5 Å². The molecule has 0 saturated carbocycles. The Labute approximate surface area is 68.2 Å². The van der Waals surface area contributed by atoms with Crippen molar-refractivity contribution in [3.63, 3.8) is 0 Å². The van der Waals surface area contributed by atoms with Crippen molar-refractivity contribution >= 4 is 0 Å². The normalized spacial score (nSPS) is 6.43. The molecule has 0 nitrogen and oxygen atoms in total. The maximum atomic E-state index is 3.46. The standard InChI is InChI=1S/C5H8.BrH.Zn/c1-3-5-4-2;;/h3-5H,1H2,2H3;1H;/p-1/b5-4+;;. The first-order chi connectivity index (χ1) is 2.41. The molecular weight excluding hydrogens is 205 g/mol. The average molecular weight is 213 g/mol. The summed E-state index contributed by atoms with van der Waals surface area (Å²) in [5.74, 6) is 0. The molecule has 0 aromatic rings. The van der Waals surface area contributed by atoms with E-state index in [-0.39, 0.29) is 36.5 Å². The van der Waals surface area contributed by atoms with Crippen molar-refractivity contribution in [1.82, 2.24) is 0 Å². The molecule has 0 aliphatic heterocycles. The van der Waals surface area contributed by atoms with Gasteiger partial charge in [0.2, 0.25) is 0 Å².